The third kappa shape index (κ3) is 5.11. The molecule has 2 atom stereocenters. The molecule has 0 radical (unpaired) electrons. The molecule has 2 rings (SSSR count). The third-order valence-electron chi connectivity index (χ3n) is 4.64. The fourth-order valence-electron chi connectivity index (χ4n) is 3.16. The van der Waals surface area contributed by atoms with Crippen molar-refractivity contribution in [3.05, 3.63) is 35.9 Å². The molecule has 0 aromatic heterocycles. The molecule has 1 aliphatic heterocycles. The number of hydrogen-bond donors (Lipinski definition) is 2. The SMILES string of the molecule is COC(CNC(=O)CC(C)C1CCNCC1)c1ccccc1. The highest BCUT2D eigenvalue weighted by atomic mass is 16.5. The fraction of sp³-hybridized carbons (Fsp3) is 0.611. The van der Waals surface area contributed by atoms with Crippen molar-refractivity contribution in [1.82, 2.24) is 10.6 Å². The summed E-state index contributed by atoms with van der Waals surface area (Å²) in [6.07, 6.45) is 2.88. The van der Waals surface area contributed by atoms with Crippen LogP contribution in [0.3, 0.4) is 0 Å². The molecule has 1 aliphatic rings. The Hall–Kier alpha value is -1.39. The lowest BCUT2D eigenvalue weighted by atomic mass is 9.84. The Morgan fingerprint density at radius 3 is 2.64 bits per heavy atom. The maximum atomic E-state index is 12.2. The van der Waals surface area contributed by atoms with Gasteiger partial charge in [0, 0.05) is 20.1 Å². The van der Waals surface area contributed by atoms with Crippen LogP contribution in [0.5, 0.6) is 0 Å². The van der Waals surface area contributed by atoms with Gasteiger partial charge in [0.15, 0.2) is 0 Å². The molecular weight excluding hydrogens is 276 g/mol. The van der Waals surface area contributed by atoms with E-state index in [-0.39, 0.29) is 12.0 Å². The zero-order valence-electron chi connectivity index (χ0n) is 13.7. The van der Waals surface area contributed by atoms with E-state index in [1.54, 1.807) is 7.11 Å². The molecule has 122 valence electrons. The number of amides is 1. The number of benzene rings is 1. The van der Waals surface area contributed by atoms with Crippen LogP contribution in [-0.2, 0) is 9.53 Å². The van der Waals surface area contributed by atoms with Gasteiger partial charge < -0.3 is 15.4 Å². The van der Waals surface area contributed by atoms with E-state index in [2.05, 4.69) is 17.6 Å². The molecule has 0 bridgehead atoms. The lowest BCUT2D eigenvalue weighted by Crippen LogP contribution is -2.34. The lowest BCUT2D eigenvalue weighted by molar-refractivity contribution is -0.122. The molecule has 1 amide bonds. The van der Waals surface area contributed by atoms with Crippen LogP contribution in [0.2, 0.25) is 0 Å². The van der Waals surface area contributed by atoms with E-state index in [1.165, 1.54) is 12.8 Å². The van der Waals surface area contributed by atoms with Gasteiger partial charge in [-0.2, -0.15) is 0 Å². The van der Waals surface area contributed by atoms with Gasteiger partial charge in [-0.05, 0) is 43.3 Å². The van der Waals surface area contributed by atoms with Gasteiger partial charge in [-0.15, -0.1) is 0 Å². The molecule has 22 heavy (non-hydrogen) atoms. The fourth-order valence-corrected chi connectivity index (χ4v) is 3.16. The molecule has 1 aromatic rings. The van der Waals surface area contributed by atoms with Crippen molar-refractivity contribution < 1.29 is 9.53 Å². The molecule has 1 aromatic carbocycles. The van der Waals surface area contributed by atoms with Crippen LogP contribution in [-0.4, -0.2) is 32.7 Å². The van der Waals surface area contributed by atoms with E-state index >= 15 is 0 Å². The third-order valence-corrected chi connectivity index (χ3v) is 4.64. The Morgan fingerprint density at radius 2 is 2.00 bits per heavy atom. The van der Waals surface area contributed by atoms with Crippen molar-refractivity contribution in [3.8, 4) is 0 Å². The van der Waals surface area contributed by atoms with E-state index < -0.39 is 0 Å². The molecule has 1 fully saturated rings. The van der Waals surface area contributed by atoms with Crippen LogP contribution in [0.25, 0.3) is 0 Å². The maximum absolute atomic E-state index is 12.2. The van der Waals surface area contributed by atoms with E-state index in [0.717, 1.165) is 18.7 Å². The number of carbonyl (C=O) groups is 1. The van der Waals surface area contributed by atoms with E-state index in [0.29, 0.717) is 24.8 Å². The summed E-state index contributed by atoms with van der Waals surface area (Å²) in [7, 11) is 1.68. The van der Waals surface area contributed by atoms with Crippen molar-refractivity contribution in [1.29, 1.82) is 0 Å². The number of piperidine rings is 1. The van der Waals surface area contributed by atoms with E-state index in [1.807, 2.05) is 30.3 Å². The Morgan fingerprint density at radius 1 is 1.32 bits per heavy atom. The summed E-state index contributed by atoms with van der Waals surface area (Å²) in [5.41, 5.74) is 1.09. The minimum absolute atomic E-state index is 0.0839. The van der Waals surface area contributed by atoms with Gasteiger partial charge in [-0.25, -0.2) is 0 Å². The van der Waals surface area contributed by atoms with Crippen LogP contribution < -0.4 is 10.6 Å². The van der Waals surface area contributed by atoms with Crippen LogP contribution in [0.4, 0.5) is 0 Å². The molecule has 4 nitrogen and oxygen atoms in total. The second kappa shape index (κ2) is 8.91. The van der Waals surface area contributed by atoms with Crippen molar-refractivity contribution in [2.45, 2.75) is 32.3 Å². The molecule has 2 N–H and O–H groups in total. The number of methoxy groups -OCH3 is 1. The van der Waals surface area contributed by atoms with E-state index in [9.17, 15) is 4.79 Å². The Labute approximate surface area is 133 Å². The first kappa shape index (κ1) is 17.0. The van der Waals surface area contributed by atoms with Crippen LogP contribution in [0, 0.1) is 11.8 Å². The average Bonchev–Trinajstić information content (AvgIpc) is 2.57. The van der Waals surface area contributed by atoms with Crippen molar-refractivity contribution >= 4 is 5.91 Å². The summed E-state index contributed by atoms with van der Waals surface area (Å²) in [4.78, 5) is 12.2. The molecule has 0 saturated carbocycles. The minimum Gasteiger partial charge on any atom is -0.375 e. The highest BCUT2D eigenvalue weighted by Gasteiger charge is 2.22. The van der Waals surface area contributed by atoms with Gasteiger partial charge >= 0.3 is 0 Å². The van der Waals surface area contributed by atoms with Gasteiger partial charge in [0.05, 0.1) is 6.10 Å². The van der Waals surface area contributed by atoms with Gasteiger partial charge in [0.2, 0.25) is 5.91 Å². The van der Waals surface area contributed by atoms with Gasteiger partial charge in [0.1, 0.15) is 0 Å². The zero-order valence-corrected chi connectivity index (χ0v) is 13.7. The van der Waals surface area contributed by atoms with Crippen LogP contribution in [0.15, 0.2) is 30.3 Å². The molecule has 4 heteroatoms. The number of nitrogens with one attached hydrogen (secondary N) is 2. The summed E-state index contributed by atoms with van der Waals surface area (Å²) >= 11 is 0. The Balaban J connectivity index is 1.76. The predicted octanol–water partition coefficient (Wildman–Crippen LogP) is 2.52. The monoisotopic (exact) mass is 304 g/mol. The summed E-state index contributed by atoms with van der Waals surface area (Å²) in [5.74, 6) is 1.24. The number of hydrogen-bond acceptors (Lipinski definition) is 3. The largest absolute Gasteiger partial charge is 0.375 e. The first-order chi connectivity index (χ1) is 10.7. The normalized spacial score (nSPS) is 18.6. The Bertz CT molecular complexity index is 444. The highest BCUT2D eigenvalue weighted by molar-refractivity contribution is 5.76. The topological polar surface area (TPSA) is 50.4 Å². The predicted molar refractivity (Wildman–Crippen MR) is 88.6 cm³/mol. The Kier molecular flexibility index (Phi) is 6.87. The molecule has 1 heterocycles. The zero-order chi connectivity index (χ0) is 15.8. The van der Waals surface area contributed by atoms with Gasteiger partial charge in [-0.1, -0.05) is 37.3 Å². The van der Waals surface area contributed by atoms with Crippen molar-refractivity contribution in [3.63, 3.8) is 0 Å². The smallest absolute Gasteiger partial charge is 0.220 e. The minimum atomic E-state index is -0.0839. The molecular formula is C18H28N2O2. The average molecular weight is 304 g/mol. The first-order valence-corrected chi connectivity index (χ1v) is 8.26. The summed E-state index contributed by atoms with van der Waals surface area (Å²) in [6.45, 7) is 4.88. The summed E-state index contributed by atoms with van der Waals surface area (Å²) in [5, 5.41) is 6.39. The number of ether oxygens (including phenoxy) is 1. The number of rotatable bonds is 7. The standard InChI is InChI=1S/C18H28N2O2/c1-14(15-8-10-19-11-9-15)12-18(21)20-13-17(22-2)16-6-4-3-5-7-16/h3-7,14-15,17,19H,8-13H2,1-2H3,(H,20,21). The van der Waals surface area contributed by atoms with Gasteiger partial charge in [-0.3, -0.25) is 4.79 Å². The molecule has 2 unspecified atom stereocenters. The molecule has 1 saturated heterocycles. The maximum Gasteiger partial charge on any atom is 0.220 e. The summed E-state index contributed by atoms with van der Waals surface area (Å²) < 4.78 is 5.49. The van der Waals surface area contributed by atoms with Crippen molar-refractivity contribution in [2.24, 2.45) is 11.8 Å². The van der Waals surface area contributed by atoms with Crippen LogP contribution in [0.1, 0.15) is 37.9 Å². The van der Waals surface area contributed by atoms with E-state index in [4.69, 9.17) is 4.74 Å². The van der Waals surface area contributed by atoms with Crippen molar-refractivity contribution in [2.75, 3.05) is 26.7 Å². The van der Waals surface area contributed by atoms with Crippen LogP contribution >= 0.6 is 0 Å². The second-order valence-corrected chi connectivity index (χ2v) is 6.21. The molecule has 0 spiro atoms. The summed E-state index contributed by atoms with van der Waals surface area (Å²) in [6, 6.07) is 10.0. The highest BCUT2D eigenvalue weighted by Crippen LogP contribution is 2.24. The quantitative estimate of drug-likeness (QED) is 0.814. The number of carbonyl (C=O) groups excluding carboxylic acids is 1. The van der Waals surface area contributed by atoms with Gasteiger partial charge in [0.25, 0.3) is 0 Å². The first-order valence-electron chi connectivity index (χ1n) is 8.26. The second-order valence-electron chi connectivity index (χ2n) is 6.21. The lowest BCUT2D eigenvalue weighted by Gasteiger charge is -2.28. The molecule has 0 aliphatic carbocycles.